The highest BCUT2D eigenvalue weighted by Gasteiger charge is 2.35. The zero-order chi connectivity index (χ0) is 17.3. The standard InChI is InChI=1S/C19H28N2O3/c1-12(10-21(2)3)17(22)16-18(23)15-11-24-19(14(15)9-20-16)13-7-5-4-6-8-13/h9,13,17,19,22-23H,1,4-8,10-11H2,2-3H3. The van der Waals surface area contributed by atoms with Crippen molar-refractivity contribution in [2.75, 3.05) is 20.6 Å². The van der Waals surface area contributed by atoms with E-state index in [4.69, 9.17) is 4.74 Å². The molecule has 1 aliphatic heterocycles. The number of rotatable bonds is 5. The molecule has 132 valence electrons. The zero-order valence-electron chi connectivity index (χ0n) is 14.7. The Labute approximate surface area is 144 Å². The van der Waals surface area contributed by atoms with Crippen molar-refractivity contribution in [3.05, 3.63) is 35.2 Å². The molecule has 2 atom stereocenters. The first-order valence-corrected chi connectivity index (χ1v) is 8.81. The summed E-state index contributed by atoms with van der Waals surface area (Å²) in [5, 5.41) is 21.1. The van der Waals surface area contributed by atoms with Crippen molar-refractivity contribution in [2.45, 2.75) is 50.9 Å². The van der Waals surface area contributed by atoms with Crippen LogP contribution in [0.1, 0.15) is 61.1 Å². The number of likely N-dealkylation sites (N-methyl/N-ethyl adjacent to an activating group) is 1. The van der Waals surface area contributed by atoms with Gasteiger partial charge in [0.05, 0.1) is 12.7 Å². The molecule has 5 nitrogen and oxygen atoms in total. The molecule has 0 radical (unpaired) electrons. The van der Waals surface area contributed by atoms with Crippen LogP contribution in [-0.2, 0) is 11.3 Å². The van der Waals surface area contributed by atoms with Gasteiger partial charge < -0.3 is 19.8 Å². The molecule has 3 rings (SSSR count). The number of pyridine rings is 1. The quantitative estimate of drug-likeness (QED) is 0.811. The molecule has 1 saturated carbocycles. The van der Waals surface area contributed by atoms with Crippen LogP contribution in [0.5, 0.6) is 5.75 Å². The molecule has 2 aliphatic rings. The molecule has 0 amide bonds. The Morgan fingerprint density at radius 2 is 2.08 bits per heavy atom. The Balaban J connectivity index is 1.82. The predicted octanol–water partition coefficient (Wildman–Crippen LogP) is 3.09. The van der Waals surface area contributed by atoms with Crippen molar-refractivity contribution in [3.63, 3.8) is 0 Å². The van der Waals surface area contributed by atoms with E-state index < -0.39 is 6.10 Å². The van der Waals surface area contributed by atoms with Crippen LogP contribution in [0.3, 0.4) is 0 Å². The molecule has 0 saturated heterocycles. The minimum atomic E-state index is -0.966. The van der Waals surface area contributed by atoms with Gasteiger partial charge in [0.1, 0.15) is 17.5 Å². The lowest BCUT2D eigenvalue weighted by molar-refractivity contribution is 0.0102. The molecule has 2 unspecified atom stereocenters. The molecule has 1 aliphatic carbocycles. The van der Waals surface area contributed by atoms with Gasteiger partial charge >= 0.3 is 0 Å². The molecular formula is C19H28N2O3. The number of aliphatic hydroxyl groups excluding tert-OH is 1. The highest BCUT2D eigenvalue weighted by atomic mass is 16.5. The van der Waals surface area contributed by atoms with Crippen LogP contribution < -0.4 is 0 Å². The molecule has 1 aromatic heterocycles. The van der Waals surface area contributed by atoms with Crippen molar-refractivity contribution in [3.8, 4) is 5.75 Å². The van der Waals surface area contributed by atoms with E-state index in [0.29, 0.717) is 24.6 Å². The van der Waals surface area contributed by atoms with Gasteiger partial charge in [0.2, 0.25) is 0 Å². The average Bonchev–Trinajstić information content (AvgIpc) is 2.99. The summed E-state index contributed by atoms with van der Waals surface area (Å²) in [5.41, 5.74) is 2.68. The smallest absolute Gasteiger partial charge is 0.146 e. The second kappa shape index (κ2) is 7.21. The van der Waals surface area contributed by atoms with Gasteiger partial charge in [0.15, 0.2) is 0 Å². The first-order chi connectivity index (χ1) is 11.5. The van der Waals surface area contributed by atoms with E-state index in [1.807, 2.05) is 19.0 Å². The second-order valence-electron chi connectivity index (χ2n) is 7.35. The lowest BCUT2D eigenvalue weighted by atomic mass is 9.82. The summed E-state index contributed by atoms with van der Waals surface area (Å²) in [5.74, 6) is 0.582. The summed E-state index contributed by atoms with van der Waals surface area (Å²) in [4.78, 5) is 6.29. The van der Waals surface area contributed by atoms with E-state index >= 15 is 0 Å². The number of aromatic hydroxyl groups is 1. The van der Waals surface area contributed by atoms with Gasteiger partial charge in [-0.1, -0.05) is 25.8 Å². The van der Waals surface area contributed by atoms with E-state index in [9.17, 15) is 10.2 Å². The molecule has 2 heterocycles. The fraction of sp³-hybridized carbons (Fsp3) is 0.632. The minimum Gasteiger partial charge on any atom is -0.506 e. The van der Waals surface area contributed by atoms with Gasteiger partial charge in [-0.3, -0.25) is 4.98 Å². The van der Waals surface area contributed by atoms with E-state index in [1.165, 1.54) is 32.1 Å². The van der Waals surface area contributed by atoms with E-state index in [2.05, 4.69) is 11.6 Å². The number of nitrogens with zero attached hydrogens (tertiary/aromatic N) is 2. The van der Waals surface area contributed by atoms with E-state index in [1.54, 1.807) is 6.20 Å². The normalized spacial score (nSPS) is 22.6. The molecule has 1 fully saturated rings. The Hall–Kier alpha value is -1.43. The van der Waals surface area contributed by atoms with E-state index in [-0.39, 0.29) is 17.5 Å². The number of aromatic nitrogens is 1. The fourth-order valence-electron chi connectivity index (χ4n) is 3.94. The summed E-state index contributed by atoms with van der Waals surface area (Å²) in [7, 11) is 3.83. The molecular weight excluding hydrogens is 304 g/mol. The number of fused-ring (bicyclic) bond motifs is 1. The monoisotopic (exact) mass is 332 g/mol. The summed E-state index contributed by atoms with van der Waals surface area (Å²) in [6.45, 7) is 4.86. The third-order valence-corrected chi connectivity index (χ3v) is 5.18. The Kier molecular flexibility index (Phi) is 5.23. The van der Waals surface area contributed by atoms with Crippen molar-refractivity contribution in [1.29, 1.82) is 0 Å². The first kappa shape index (κ1) is 17.4. The highest BCUT2D eigenvalue weighted by Crippen LogP contribution is 2.46. The van der Waals surface area contributed by atoms with Gasteiger partial charge in [-0.25, -0.2) is 0 Å². The Bertz CT molecular complexity index is 609. The SMILES string of the molecule is C=C(CN(C)C)C(O)c1ncc2c(c1O)COC2C1CCCCC1. The molecule has 5 heteroatoms. The summed E-state index contributed by atoms with van der Waals surface area (Å²) < 4.78 is 5.99. The number of hydrogen-bond acceptors (Lipinski definition) is 5. The molecule has 1 aromatic rings. The maximum absolute atomic E-state index is 10.6. The number of ether oxygens (including phenoxy) is 1. The highest BCUT2D eigenvalue weighted by molar-refractivity contribution is 5.46. The summed E-state index contributed by atoms with van der Waals surface area (Å²) >= 11 is 0. The van der Waals surface area contributed by atoms with Crippen LogP contribution in [0.25, 0.3) is 0 Å². The predicted molar refractivity (Wildman–Crippen MR) is 92.7 cm³/mol. The van der Waals surface area contributed by atoms with Crippen LogP contribution >= 0.6 is 0 Å². The second-order valence-corrected chi connectivity index (χ2v) is 7.35. The fourth-order valence-corrected chi connectivity index (χ4v) is 3.94. The number of aliphatic hydroxyl groups is 1. The van der Waals surface area contributed by atoms with Crippen molar-refractivity contribution in [1.82, 2.24) is 9.88 Å². The Morgan fingerprint density at radius 1 is 1.38 bits per heavy atom. The van der Waals surface area contributed by atoms with Gasteiger partial charge in [0, 0.05) is 23.9 Å². The Morgan fingerprint density at radius 3 is 2.75 bits per heavy atom. The lowest BCUT2D eigenvalue weighted by Gasteiger charge is -2.27. The van der Waals surface area contributed by atoms with Crippen LogP contribution in [0.2, 0.25) is 0 Å². The topological polar surface area (TPSA) is 65.8 Å². The average molecular weight is 332 g/mol. The van der Waals surface area contributed by atoms with Crippen molar-refractivity contribution >= 4 is 0 Å². The van der Waals surface area contributed by atoms with Gasteiger partial charge in [0.25, 0.3) is 0 Å². The summed E-state index contributed by atoms with van der Waals surface area (Å²) in [6, 6.07) is 0. The number of hydrogen-bond donors (Lipinski definition) is 2. The molecule has 0 spiro atoms. The van der Waals surface area contributed by atoms with Crippen molar-refractivity contribution in [2.24, 2.45) is 5.92 Å². The molecule has 0 aromatic carbocycles. The molecule has 2 N–H and O–H groups in total. The van der Waals surface area contributed by atoms with Crippen LogP contribution in [0.15, 0.2) is 18.3 Å². The first-order valence-electron chi connectivity index (χ1n) is 8.81. The lowest BCUT2D eigenvalue weighted by Crippen LogP contribution is -2.19. The maximum atomic E-state index is 10.6. The van der Waals surface area contributed by atoms with Gasteiger partial charge in [-0.05, 0) is 38.4 Å². The molecule has 0 bridgehead atoms. The van der Waals surface area contributed by atoms with Gasteiger partial charge in [-0.15, -0.1) is 0 Å². The van der Waals surface area contributed by atoms with E-state index in [0.717, 1.165) is 11.1 Å². The minimum absolute atomic E-state index is 0.0369. The maximum Gasteiger partial charge on any atom is 0.146 e. The largest absolute Gasteiger partial charge is 0.506 e. The third kappa shape index (κ3) is 3.34. The molecule has 24 heavy (non-hydrogen) atoms. The van der Waals surface area contributed by atoms with Crippen LogP contribution in [0, 0.1) is 5.92 Å². The third-order valence-electron chi connectivity index (χ3n) is 5.18. The zero-order valence-corrected chi connectivity index (χ0v) is 14.7. The summed E-state index contributed by atoms with van der Waals surface area (Å²) in [6.07, 6.45) is 7.01. The van der Waals surface area contributed by atoms with Gasteiger partial charge in [-0.2, -0.15) is 0 Å². The van der Waals surface area contributed by atoms with Crippen molar-refractivity contribution < 1.29 is 14.9 Å². The van der Waals surface area contributed by atoms with Crippen LogP contribution in [-0.4, -0.2) is 40.7 Å². The van der Waals surface area contributed by atoms with Crippen LogP contribution in [0.4, 0.5) is 0 Å².